The third-order valence-corrected chi connectivity index (χ3v) is 7.75. The number of hydrogen-bond acceptors (Lipinski definition) is 4. The molecule has 5 heteroatoms. The molecule has 5 nitrogen and oxygen atoms in total. The van der Waals surface area contributed by atoms with E-state index in [0.29, 0.717) is 12.0 Å². The first kappa shape index (κ1) is 20.0. The van der Waals surface area contributed by atoms with Gasteiger partial charge >= 0.3 is 0 Å². The van der Waals surface area contributed by atoms with E-state index in [0.717, 1.165) is 43.6 Å². The third kappa shape index (κ3) is 3.53. The molecule has 1 unspecified atom stereocenters. The molecule has 2 aliphatic heterocycles. The molecular formula is C27H32N4O. The lowest BCUT2D eigenvalue weighted by Gasteiger charge is -2.23. The average molecular weight is 429 g/mol. The highest BCUT2D eigenvalue weighted by atomic mass is 16.3. The van der Waals surface area contributed by atoms with Gasteiger partial charge in [-0.2, -0.15) is 0 Å². The van der Waals surface area contributed by atoms with Crippen molar-refractivity contribution in [3.63, 3.8) is 0 Å². The second-order valence-corrected chi connectivity index (χ2v) is 9.78. The van der Waals surface area contributed by atoms with Crippen LogP contribution in [-0.4, -0.2) is 40.6 Å². The Labute approximate surface area is 189 Å². The molecule has 166 valence electrons. The van der Waals surface area contributed by atoms with Gasteiger partial charge < -0.3 is 14.6 Å². The highest BCUT2D eigenvalue weighted by Crippen LogP contribution is 2.42. The first-order valence-electron chi connectivity index (χ1n) is 12.3. The fourth-order valence-electron chi connectivity index (χ4n) is 5.96. The fourth-order valence-corrected chi connectivity index (χ4v) is 5.96. The van der Waals surface area contributed by atoms with Crippen LogP contribution in [-0.2, 0) is 6.42 Å². The summed E-state index contributed by atoms with van der Waals surface area (Å²) in [6, 6.07) is 12.0. The minimum Gasteiger partial charge on any atom is -0.396 e. The van der Waals surface area contributed by atoms with Crippen LogP contribution in [0.25, 0.3) is 22.2 Å². The molecule has 2 fully saturated rings. The van der Waals surface area contributed by atoms with Gasteiger partial charge in [-0.1, -0.05) is 25.3 Å². The van der Waals surface area contributed by atoms with Gasteiger partial charge in [-0.05, 0) is 67.0 Å². The van der Waals surface area contributed by atoms with E-state index in [-0.39, 0.29) is 6.61 Å². The van der Waals surface area contributed by atoms with Gasteiger partial charge in [0, 0.05) is 49.6 Å². The predicted molar refractivity (Wildman–Crippen MR) is 131 cm³/mol. The van der Waals surface area contributed by atoms with E-state index in [2.05, 4.69) is 46.1 Å². The smallest absolute Gasteiger partial charge is 0.0960 e. The summed E-state index contributed by atoms with van der Waals surface area (Å²) >= 11 is 0. The molecule has 32 heavy (non-hydrogen) atoms. The third-order valence-electron chi connectivity index (χ3n) is 7.75. The maximum Gasteiger partial charge on any atom is 0.0960 e. The van der Waals surface area contributed by atoms with Gasteiger partial charge in [0.2, 0.25) is 0 Å². The molecule has 3 aliphatic rings. The topological polar surface area (TPSA) is 53.6 Å². The number of anilines is 1. The summed E-state index contributed by atoms with van der Waals surface area (Å²) in [6.45, 7) is 2.38. The van der Waals surface area contributed by atoms with Crippen molar-refractivity contribution >= 4 is 28.6 Å². The Morgan fingerprint density at radius 2 is 1.94 bits per heavy atom. The molecule has 1 N–H and O–H groups in total. The minimum atomic E-state index is 0.287. The van der Waals surface area contributed by atoms with Crippen molar-refractivity contribution in [2.24, 2.45) is 10.9 Å². The first-order valence-corrected chi connectivity index (χ1v) is 12.3. The zero-order valence-electron chi connectivity index (χ0n) is 18.7. The standard InChI is InChI=1S/C27H32N4O/c32-13-10-19-9-12-30(17-19)23-14-21-8-11-28-27(21)24(16-23)20-6-7-26-25(15-20)29-18-31(26)22-4-2-1-3-5-22/h6-7,11,14-16,18-19,22,32H,1-5,8-10,12-13,17H2. The quantitative estimate of drug-likeness (QED) is 0.569. The lowest BCUT2D eigenvalue weighted by molar-refractivity contribution is 0.263. The van der Waals surface area contributed by atoms with Crippen LogP contribution in [0.1, 0.15) is 56.6 Å². The molecule has 0 bridgehead atoms. The monoisotopic (exact) mass is 428 g/mol. The Hall–Kier alpha value is -2.66. The lowest BCUT2D eigenvalue weighted by Crippen LogP contribution is -2.20. The largest absolute Gasteiger partial charge is 0.396 e. The molecule has 1 atom stereocenters. The number of aliphatic hydroxyl groups is 1. The lowest BCUT2D eigenvalue weighted by atomic mass is 9.95. The molecule has 0 radical (unpaired) electrons. The molecule has 3 heterocycles. The SMILES string of the molecule is OCCC1CCN(c2cc3c(c(-c4ccc5c(c4)ncn5C4CCCCC4)c2)N=CC3)C1. The van der Waals surface area contributed by atoms with E-state index in [1.807, 2.05) is 6.21 Å². The molecule has 3 aromatic rings. The second kappa shape index (κ2) is 8.36. The van der Waals surface area contributed by atoms with Gasteiger partial charge in [-0.25, -0.2) is 4.98 Å². The number of nitrogens with zero attached hydrogens (tertiary/aromatic N) is 4. The van der Waals surface area contributed by atoms with Crippen molar-refractivity contribution in [3.8, 4) is 11.1 Å². The molecule has 0 spiro atoms. The predicted octanol–water partition coefficient (Wildman–Crippen LogP) is 5.68. The van der Waals surface area contributed by atoms with Gasteiger partial charge in [0.25, 0.3) is 0 Å². The first-order chi connectivity index (χ1) is 15.8. The van der Waals surface area contributed by atoms with Gasteiger partial charge in [0.1, 0.15) is 0 Å². The Bertz CT molecular complexity index is 1160. The summed E-state index contributed by atoms with van der Waals surface area (Å²) < 4.78 is 2.41. The van der Waals surface area contributed by atoms with Crippen molar-refractivity contribution in [3.05, 3.63) is 42.2 Å². The van der Waals surface area contributed by atoms with Gasteiger partial charge in [0.15, 0.2) is 0 Å². The summed E-state index contributed by atoms with van der Waals surface area (Å²) in [6.07, 6.45) is 13.6. The van der Waals surface area contributed by atoms with E-state index in [4.69, 9.17) is 9.98 Å². The maximum atomic E-state index is 9.33. The Morgan fingerprint density at radius 1 is 1.03 bits per heavy atom. The van der Waals surface area contributed by atoms with Crippen LogP contribution in [0, 0.1) is 5.92 Å². The molecule has 1 saturated heterocycles. The number of aliphatic hydroxyl groups excluding tert-OH is 1. The molecule has 6 rings (SSSR count). The summed E-state index contributed by atoms with van der Waals surface area (Å²) in [5.41, 5.74) is 8.47. The highest BCUT2D eigenvalue weighted by Gasteiger charge is 2.25. The molecule has 1 aromatic heterocycles. The van der Waals surface area contributed by atoms with Crippen molar-refractivity contribution in [1.29, 1.82) is 0 Å². The van der Waals surface area contributed by atoms with E-state index in [1.54, 1.807) is 0 Å². The number of fused-ring (bicyclic) bond motifs is 2. The normalized spacial score (nSPS) is 21.0. The van der Waals surface area contributed by atoms with Crippen LogP contribution >= 0.6 is 0 Å². The second-order valence-electron chi connectivity index (χ2n) is 9.78. The van der Waals surface area contributed by atoms with Crippen molar-refractivity contribution < 1.29 is 5.11 Å². The van der Waals surface area contributed by atoms with Gasteiger partial charge in [0.05, 0.1) is 23.0 Å². The Morgan fingerprint density at radius 3 is 2.81 bits per heavy atom. The maximum absolute atomic E-state index is 9.33. The van der Waals surface area contributed by atoms with Crippen molar-refractivity contribution in [1.82, 2.24) is 9.55 Å². The van der Waals surface area contributed by atoms with E-state index < -0.39 is 0 Å². The number of aliphatic imine (C=N–C) groups is 1. The minimum absolute atomic E-state index is 0.287. The fraction of sp³-hybridized carbons (Fsp3) is 0.481. The van der Waals surface area contributed by atoms with Crippen LogP contribution in [0.5, 0.6) is 0 Å². The van der Waals surface area contributed by atoms with Crippen LogP contribution in [0.2, 0.25) is 0 Å². The summed E-state index contributed by atoms with van der Waals surface area (Å²) in [4.78, 5) is 12.0. The van der Waals surface area contributed by atoms with Crippen LogP contribution in [0.4, 0.5) is 11.4 Å². The van der Waals surface area contributed by atoms with Gasteiger partial charge in [-0.3, -0.25) is 4.99 Å². The Kier molecular flexibility index (Phi) is 5.22. The summed E-state index contributed by atoms with van der Waals surface area (Å²) in [5.74, 6) is 0.591. The van der Waals surface area contributed by atoms with E-state index in [1.165, 1.54) is 60.0 Å². The molecule has 1 saturated carbocycles. The van der Waals surface area contributed by atoms with Gasteiger partial charge in [-0.15, -0.1) is 0 Å². The van der Waals surface area contributed by atoms with Crippen molar-refractivity contribution in [2.45, 2.75) is 57.4 Å². The number of rotatable bonds is 5. The van der Waals surface area contributed by atoms with E-state index in [9.17, 15) is 5.11 Å². The van der Waals surface area contributed by atoms with E-state index >= 15 is 0 Å². The summed E-state index contributed by atoms with van der Waals surface area (Å²) in [5, 5.41) is 9.33. The average Bonchev–Trinajstić information content (AvgIpc) is 3.58. The molecule has 0 amide bonds. The summed E-state index contributed by atoms with van der Waals surface area (Å²) in [7, 11) is 0. The van der Waals surface area contributed by atoms with Crippen LogP contribution in [0.15, 0.2) is 41.7 Å². The number of hydrogen-bond donors (Lipinski definition) is 1. The molecule has 2 aromatic carbocycles. The Balaban J connectivity index is 1.36. The van der Waals surface area contributed by atoms with Crippen molar-refractivity contribution in [2.75, 3.05) is 24.6 Å². The van der Waals surface area contributed by atoms with Crippen LogP contribution < -0.4 is 4.90 Å². The molecule has 1 aliphatic carbocycles. The zero-order chi connectivity index (χ0) is 21.5. The molecular weight excluding hydrogens is 396 g/mol. The van der Waals surface area contributed by atoms with Crippen LogP contribution in [0.3, 0.4) is 0 Å². The number of imidazole rings is 1. The number of benzene rings is 2. The zero-order valence-corrected chi connectivity index (χ0v) is 18.7. The highest BCUT2D eigenvalue weighted by molar-refractivity contribution is 5.92. The number of aromatic nitrogens is 2.